The summed E-state index contributed by atoms with van der Waals surface area (Å²) in [6.07, 6.45) is 2.00. The Bertz CT molecular complexity index is 912. The molecule has 0 radical (unpaired) electrons. The zero-order chi connectivity index (χ0) is 20.9. The molecule has 0 unspecified atom stereocenters. The van der Waals surface area contributed by atoms with Gasteiger partial charge in [0.05, 0.1) is 11.4 Å². The van der Waals surface area contributed by atoms with Crippen LogP contribution >= 0.6 is 23.2 Å². The maximum Gasteiger partial charge on any atom is 0.215 e. The fourth-order valence-electron chi connectivity index (χ4n) is 3.60. The summed E-state index contributed by atoms with van der Waals surface area (Å²) in [7, 11) is -3.42. The maximum absolute atomic E-state index is 12.2. The Morgan fingerprint density at radius 2 is 1.69 bits per heavy atom. The highest BCUT2D eigenvalue weighted by molar-refractivity contribution is 7.88. The quantitative estimate of drug-likeness (QED) is 0.592. The average molecular weight is 457 g/mol. The van der Waals surface area contributed by atoms with Crippen LogP contribution in [0.15, 0.2) is 48.5 Å². The van der Waals surface area contributed by atoms with Crippen LogP contribution in [0.3, 0.4) is 0 Å². The minimum absolute atomic E-state index is 0.121. The molecule has 0 atom stereocenters. The van der Waals surface area contributed by atoms with Crippen LogP contribution < -0.4 is 4.72 Å². The van der Waals surface area contributed by atoms with Crippen molar-refractivity contribution in [3.8, 4) is 0 Å². The molecule has 0 bridgehead atoms. The molecule has 1 aliphatic heterocycles. The largest absolute Gasteiger partial charge is 0.385 e. The van der Waals surface area contributed by atoms with Crippen molar-refractivity contribution in [2.24, 2.45) is 0 Å². The van der Waals surface area contributed by atoms with E-state index in [1.165, 1.54) is 0 Å². The molecule has 0 aromatic heterocycles. The molecule has 0 aliphatic carbocycles. The number of nitrogens with zero attached hydrogens (tertiary/aromatic N) is 1. The number of benzene rings is 2. The van der Waals surface area contributed by atoms with Gasteiger partial charge in [0.25, 0.3) is 0 Å². The van der Waals surface area contributed by atoms with Gasteiger partial charge in [0.2, 0.25) is 10.0 Å². The summed E-state index contributed by atoms with van der Waals surface area (Å²) in [6.45, 7) is 2.70. The van der Waals surface area contributed by atoms with Gasteiger partial charge in [-0.1, -0.05) is 53.5 Å². The zero-order valence-electron chi connectivity index (χ0n) is 16.2. The van der Waals surface area contributed by atoms with Crippen molar-refractivity contribution in [2.75, 3.05) is 26.2 Å². The van der Waals surface area contributed by atoms with Gasteiger partial charge in [0.1, 0.15) is 0 Å². The lowest BCUT2D eigenvalue weighted by atomic mass is 9.84. The summed E-state index contributed by atoms with van der Waals surface area (Å²) in [6, 6.07) is 14.3. The van der Waals surface area contributed by atoms with E-state index in [2.05, 4.69) is 9.62 Å². The van der Waals surface area contributed by atoms with Crippen LogP contribution in [0.2, 0.25) is 10.0 Å². The minimum atomic E-state index is -3.42. The van der Waals surface area contributed by atoms with Crippen LogP contribution in [0.25, 0.3) is 0 Å². The molecule has 158 valence electrons. The summed E-state index contributed by atoms with van der Waals surface area (Å²) in [5.74, 6) is -0.121. The number of hydrogen-bond acceptors (Lipinski definition) is 4. The van der Waals surface area contributed by atoms with E-state index in [0.29, 0.717) is 41.4 Å². The molecule has 3 rings (SSSR count). The maximum atomic E-state index is 12.2. The highest BCUT2D eigenvalue weighted by atomic mass is 35.5. The summed E-state index contributed by atoms with van der Waals surface area (Å²) < 4.78 is 27.1. The molecule has 0 spiro atoms. The van der Waals surface area contributed by atoms with Crippen molar-refractivity contribution < 1.29 is 13.5 Å². The van der Waals surface area contributed by atoms with Crippen molar-refractivity contribution in [3.63, 3.8) is 0 Å². The zero-order valence-corrected chi connectivity index (χ0v) is 18.5. The van der Waals surface area contributed by atoms with Gasteiger partial charge in [0, 0.05) is 29.7 Å². The van der Waals surface area contributed by atoms with E-state index >= 15 is 0 Å². The predicted octanol–water partition coefficient (Wildman–Crippen LogP) is 3.79. The number of aliphatic hydroxyl groups is 1. The Morgan fingerprint density at radius 3 is 2.34 bits per heavy atom. The van der Waals surface area contributed by atoms with Crippen LogP contribution in [-0.4, -0.2) is 44.6 Å². The first-order valence-corrected chi connectivity index (χ1v) is 12.1. The first-order valence-electron chi connectivity index (χ1n) is 9.69. The van der Waals surface area contributed by atoms with Gasteiger partial charge in [-0.3, -0.25) is 0 Å². The van der Waals surface area contributed by atoms with Crippen molar-refractivity contribution >= 4 is 33.2 Å². The lowest BCUT2D eigenvalue weighted by Gasteiger charge is -2.38. The van der Waals surface area contributed by atoms with E-state index in [9.17, 15) is 13.5 Å². The highest BCUT2D eigenvalue weighted by Crippen LogP contribution is 2.33. The third kappa shape index (κ3) is 6.41. The lowest BCUT2D eigenvalue weighted by molar-refractivity contribution is -0.0259. The van der Waals surface area contributed by atoms with Gasteiger partial charge >= 0.3 is 0 Å². The standard InChI is InChI=1S/C21H26Cl2N2O3S/c22-19-8-6-18(7-9-19)21(26)10-14-25(15-11-21)13-3-12-24-29(27,28)16-17-4-1-2-5-20(17)23/h1-2,4-9,24,26H,3,10-16H2. The topological polar surface area (TPSA) is 69.6 Å². The SMILES string of the molecule is O=S(=O)(Cc1ccccc1Cl)NCCCN1CCC(O)(c2ccc(Cl)cc2)CC1. The van der Waals surface area contributed by atoms with Crippen molar-refractivity contribution in [1.82, 2.24) is 9.62 Å². The Kier molecular flexibility index (Phi) is 7.59. The second-order valence-electron chi connectivity index (χ2n) is 7.48. The summed E-state index contributed by atoms with van der Waals surface area (Å²) in [5.41, 5.74) is 0.672. The summed E-state index contributed by atoms with van der Waals surface area (Å²) >= 11 is 12.0. The van der Waals surface area contributed by atoms with E-state index in [-0.39, 0.29) is 5.75 Å². The average Bonchev–Trinajstić information content (AvgIpc) is 2.69. The Balaban J connectivity index is 1.40. The molecule has 0 amide bonds. The molecule has 2 aromatic rings. The Hall–Kier alpha value is -1.15. The number of halogens is 2. The van der Waals surface area contributed by atoms with Gasteiger partial charge in [-0.2, -0.15) is 0 Å². The van der Waals surface area contributed by atoms with Gasteiger partial charge in [-0.25, -0.2) is 13.1 Å². The van der Waals surface area contributed by atoms with E-state index in [1.54, 1.807) is 36.4 Å². The fraction of sp³-hybridized carbons (Fsp3) is 0.429. The number of piperidine rings is 1. The monoisotopic (exact) mass is 456 g/mol. The molecule has 2 aromatic carbocycles. The summed E-state index contributed by atoms with van der Waals surface area (Å²) in [5, 5.41) is 12.0. The van der Waals surface area contributed by atoms with Crippen LogP contribution in [0.5, 0.6) is 0 Å². The first-order chi connectivity index (χ1) is 13.8. The van der Waals surface area contributed by atoms with Crippen molar-refractivity contribution in [1.29, 1.82) is 0 Å². The fourth-order valence-corrected chi connectivity index (χ4v) is 5.22. The second kappa shape index (κ2) is 9.77. The Morgan fingerprint density at radius 1 is 1.03 bits per heavy atom. The molecule has 5 nitrogen and oxygen atoms in total. The summed E-state index contributed by atoms with van der Waals surface area (Å²) in [4.78, 5) is 2.26. The van der Waals surface area contributed by atoms with E-state index in [0.717, 1.165) is 25.2 Å². The number of sulfonamides is 1. The highest BCUT2D eigenvalue weighted by Gasteiger charge is 2.33. The normalized spacial score (nSPS) is 17.3. The number of likely N-dealkylation sites (tertiary alicyclic amines) is 1. The van der Waals surface area contributed by atoms with Crippen LogP contribution in [0.4, 0.5) is 0 Å². The molecule has 8 heteroatoms. The molecule has 1 heterocycles. The van der Waals surface area contributed by atoms with Crippen LogP contribution in [-0.2, 0) is 21.4 Å². The first kappa shape index (κ1) is 22.5. The van der Waals surface area contributed by atoms with Crippen LogP contribution in [0, 0.1) is 0 Å². The predicted molar refractivity (Wildman–Crippen MR) is 118 cm³/mol. The second-order valence-corrected chi connectivity index (χ2v) is 10.1. The van der Waals surface area contributed by atoms with Crippen molar-refractivity contribution in [3.05, 3.63) is 69.7 Å². The van der Waals surface area contributed by atoms with Gasteiger partial charge in [-0.15, -0.1) is 0 Å². The van der Waals surface area contributed by atoms with Gasteiger partial charge in [-0.05, 0) is 55.1 Å². The van der Waals surface area contributed by atoms with Crippen molar-refractivity contribution in [2.45, 2.75) is 30.6 Å². The molecule has 2 N–H and O–H groups in total. The number of rotatable bonds is 8. The molecular formula is C21H26Cl2N2O3S. The van der Waals surface area contributed by atoms with E-state index in [4.69, 9.17) is 23.2 Å². The van der Waals surface area contributed by atoms with Gasteiger partial charge in [0.15, 0.2) is 0 Å². The molecule has 1 aliphatic rings. The molecule has 1 saturated heterocycles. The van der Waals surface area contributed by atoms with E-state index < -0.39 is 15.6 Å². The molecule has 0 saturated carbocycles. The third-order valence-corrected chi connectivity index (χ3v) is 7.30. The Labute approximate surface area is 182 Å². The molecular weight excluding hydrogens is 431 g/mol. The van der Waals surface area contributed by atoms with Crippen LogP contribution in [0.1, 0.15) is 30.4 Å². The lowest BCUT2D eigenvalue weighted by Crippen LogP contribution is -2.43. The van der Waals surface area contributed by atoms with E-state index in [1.807, 2.05) is 12.1 Å². The smallest absolute Gasteiger partial charge is 0.215 e. The third-order valence-electron chi connectivity index (χ3n) is 5.34. The molecule has 29 heavy (non-hydrogen) atoms. The molecule has 1 fully saturated rings. The number of nitrogens with one attached hydrogen (secondary N) is 1. The minimum Gasteiger partial charge on any atom is -0.385 e. The van der Waals surface area contributed by atoms with Gasteiger partial charge < -0.3 is 10.0 Å². The number of hydrogen-bond donors (Lipinski definition) is 2.